The van der Waals surface area contributed by atoms with Crippen molar-refractivity contribution in [3.8, 4) is 0 Å². The van der Waals surface area contributed by atoms with Crippen LogP contribution in [-0.2, 0) is 6.18 Å². The smallest absolute Gasteiger partial charge is 0.393 e. The normalized spacial score (nSPS) is 14.8. The van der Waals surface area contributed by atoms with E-state index in [2.05, 4.69) is 0 Å². The fourth-order valence-corrected chi connectivity index (χ4v) is 2.15. The van der Waals surface area contributed by atoms with Gasteiger partial charge >= 0.3 is 6.18 Å². The van der Waals surface area contributed by atoms with Crippen LogP contribution in [-0.4, -0.2) is 28.4 Å². The summed E-state index contributed by atoms with van der Waals surface area (Å²) in [6.45, 7) is 0.342. The molecule has 21 heavy (non-hydrogen) atoms. The molecule has 3 nitrogen and oxygen atoms in total. The maximum atomic E-state index is 12.7. The van der Waals surface area contributed by atoms with Crippen LogP contribution >= 0.6 is 12.2 Å². The van der Waals surface area contributed by atoms with E-state index in [0.717, 1.165) is 25.0 Å². The molecule has 1 aromatic carbocycles. The molecule has 0 spiro atoms. The predicted octanol–water partition coefficient (Wildman–Crippen LogP) is 2.99. The van der Waals surface area contributed by atoms with Gasteiger partial charge in [-0.25, -0.2) is 0 Å². The van der Waals surface area contributed by atoms with E-state index in [4.69, 9.17) is 18.0 Å². The molecule has 1 amide bonds. The Kier molecular flexibility index (Phi) is 4.51. The lowest BCUT2D eigenvalue weighted by Gasteiger charge is -2.22. The van der Waals surface area contributed by atoms with Gasteiger partial charge in [-0.15, -0.1) is 0 Å². The number of hydrogen-bond donors (Lipinski definition) is 1. The zero-order chi connectivity index (χ0) is 15.6. The lowest BCUT2D eigenvalue weighted by molar-refractivity contribution is -0.137. The van der Waals surface area contributed by atoms with E-state index in [0.29, 0.717) is 13.0 Å². The highest BCUT2D eigenvalue weighted by Gasteiger charge is 2.35. The van der Waals surface area contributed by atoms with Crippen molar-refractivity contribution in [1.29, 1.82) is 0 Å². The van der Waals surface area contributed by atoms with E-state index in [1.807, 2.05) is 0 Å². The second kappa shape index (κ2) is 6.01. The summed E-state index contributed by atoms with van der Waals surface area (Å²) in [5.41, 5.74) is 4.65. The summed E-state index contributed by atoms with van der Waals surface area (Å²) in [5, 5.41) is 0. The third-order valence-corrected chi connectivity index (χ3v) is 3.49. The van der Waals surface area contributed by atoms with Crippen molar-refractivity contribution in [3.63, 3.8) is 0 Å². The molecule has 1 saturated carbocycles. The van der Waals surface area contributed by atoms with Gasteiger partial charge in [0.25, 0.3) is 5.91 Å². The van der Waals surface area contributed by atoms with Crippen LogP contribution in [0.15, 0.2) is 24.3 Å². The Labute approximate surface area is 125 Å². The second-order valence-corrected chi connectivity index (χ2v) is 5.55. The molecule has 0 saturated heterocycles. The Hall–Kier alpha value is -1.63. The minimum Gasteiger partial charge on any atom is -0.393 e. The largest absolute Gasteiger partial charge is 0.416 e. The van der Waals surface area contributed by atoms with Crippen molar-refractivity contribution < 1.29 is 18.0 Å². The Morgan fingerprint density at radius 1 is 1.38 bits per heavy atom. The van der Waals surface area contributed by atoms with Gasteiger partial charge in [-0.1, -0.05) is 18.3 Å². The highest BCUT2D eigenvalue weighted by atomic mass is 32.1. The minimum absolute atomic E-state index is 0.0414. The number of hydrogen-bond acceptors (Lipinski definition) is 2. The lowest BCUT2D eigenvalue weighted by Crippen LogP contribution is -2.35. The van der Waals surface area contributed by atoms with Crippen LogP contribution < -0.4 is 5.73 Å². The maximum absolute atomic E-state index is 12.7. The summed E-state index contributed by atoms with van der Waals surface area (Å²) in [6, 6.07) is 4.56. The molecule has 114 valence electrons. The summed E-state index contributed by atoms with van der Waals surface area (Å²) in [4.78, 5) is 14.2. The van der Waals surface area contributed by atoms with Gasteiger partial charge in [0.05, 0.1) is 10.6 Å². The number of halogens is 3. The third-order valence-electron chi connectivity index (χ3n) is 3.28. The van der Waals surface area contributed by atoms with Crippen LogP contribution in [0.2, 0.25) is 0 Å². The Bertz CT molecular complexity index is 555. The topological polar surface area (TPSA) is 46.3 Å². The molecule has 0 heterocycles. The lowest BCUT2D eigenvalue weighted by atomic mass is 10.1. The second-order valence-electron chi connectivity index (χ2n) is 5.02. The summed E-state index contributed by atoms with van der Waals surface area (Å²) in [7, 11) is 0. The standard InChI is InChI=1S/C14H15F3N2OS/c15-14(16,17)10-3-1-2-9(8-10)13(20)19(11-4-5-11)7-6-12(18)21/h1-3,8,11H,4-7H2,(H2,18,21). The first kappa shape index (κ1) is 15.8. The van der Waals surface area contributed by atoms with Crippen molar-refractivity contribution in [2.45, 2.75) is 31.5 Å². The zero-order valence-corrected chi connectivity index (χ0v) is 12.0. The van der Waals surface area contributed by atoms with Gasteiger partial charge in [-0.3, -0.25) is 4.79 Å². The molecule has 7 heteroatoms. The van der Waals surface area contributed by atoms with Gasteiger partial charge < -0.3 is 10.6 Å². The predicted molar refractivity (Wildman–Crippen MR) is 76.9 cm³/mol. The van der Waals surface area contributed by atoms with Crippen molar-refractivity contribution >= 4 is 23.1 Å². The quantitative estimate of drug-likeness (QED) is 0.850. The zero-order valence-electron chi connectivity index (χ0n) is 11.2. The summed E-state index contributed by atoms with van der Waals surface area (Å²) in [6.07, 6.45) is -2.36. The van der Waals surface area contributed by atoms with E-state index in [1.165, 1.54) is 12.1 Å². The van der Waals surface area contributed by atoms with Crippen molar-refractivity contribution in [1.82, 2.24) is 4.90 Å². The molecule has 0 aromatic heterocycles. The van der Waals surface area contributed by atoms with E-state index in [1.54, 1.807) is 4.90 Å². The number of nitrogens with two attached hydrogens (primary N) is 1. The number of rotatable bonds is 5. The fourth-order valence-electron chi connectivity index (χ4n) is 2.06. The van der Waals surface area contributed by atoms with Crippen molar-refractivity contribution in [3.05, 3.63) is 35.4 Å². The SMILES string of the molecule is NC(=S)CCN(C(=O)c1cccc(C(F)(F)F)c1)C1CC1. The molecule has 2 rings (SSSR count). The van der Waals surface area contributed by atoms with Gasteiger partial charge in [0.15, 0.2) is 0 Å². The first-order chi connectivity index (χ1) is 9.79. The number of nitrogens with zero attached hydrogens (tertiary/aromatic N) is 1. The van der Waals surface area contributed by atoms with E-state index < -0.39 is 17.6 Å². The summed E-state index contributed by atoms with van der Waals surface area (Å²) >= 11 is 4.78. The monoisotopic (exact) mass is 316 g/mol. The van der Waals surface area contributed by atoms with Crippen LogP contribution in [0.1, 0.15) is 35.2 Å². The number of carbonyl (C=O) groups is 1. The molecule has 0 bridgehead atoms. The van der Waals surface area contributed by atoms with Gasteiger partial charge in [0.2, 0.25) is 0 Å². The van der Waals surface area contributed by atoms with Gasteiger partial charge in [0, 0.05) is 24.6 Å². The maximum Gasteiger partial charge on any atom is 0.416 e. The van der Waals surface area contributed by atoms with Crippen molar-refractivity contribution in [2.75, 3.05) is 6.54 Å². The summed E-state index contributed by atoms with van der Waals surface area (Å²) in [5.74, 6) is -0.403. The van der Waals surface area contributed by atoms with Crippen LogP contribution in [0.4, 0.5) is 13.2 Å². The number of amides is 1. The van der Waals surface area contributed by atoms with Crippen molar-refractivity contribution in [2.24, 2.45) is 5.73 Å². The molecule has 1 aliphatic rings. The fraction of sp³-hybridized carbons (Fsp3) is 0.429. The molecule has 1 aliphatic carbocycles. The van der Waals surface area contributed by atoms with Gasteiger partial charge in [-0.2, -0.15) is 13.2 Å². The Morgan fingerprint density at radius 2 is 2.05 bits per heavy atom. The van der Waals surface area contributed by atoms with Crippen LogP contribution in [0.5, 0.6) is 0 Å². The molecule has 0 unspecified atom stereocenters. The molecule has 2 N–H and O–H groups in total. The van der Waals surface area contributed by atoms with Gasteiger partial charge in [-0.05, 0) is 31.0 Å². The molecule has 1 fully saturated rings. The number of carbonyl (C=O) groups excluding carboxylic acids is 1. The molecular weight excluding hydrogens is 301 g/mol. The van der Waals surface area contributed by atoms with Crippen LogP contribution in [0.25, 0.3) is 0 Å². The van der Waals surface area contributed by atoms with E-state index in [-0.39, 0.29) is 16.6 Å². The molecular formula is C14H15F3N2OS. The average Bonchev–Trinajstić information content (AvgIpc) is 3.22. The average molecular weight is 316 g/mol. The molecule has 0 atom stereocenters. The molecule has 0 radical (unpaired) electrons. The van der Waals surface area contributed by atoms with Crippen LogP contribution in [0, 0.1) is 0 Å². The Balaban J connectivity index is 2.18. The van der Waals surface area contributed by atoms with Crippen LogP contribution in [0.3, 0.4) is 0 Å². The highest BCUT2D eigenvalue weighted by Crippen LogP contribution is 2.31. The third kappa shape index (κ3) is 4.17. The highest BCUT2D eigenvalue weighted by molar-refractivity contribution is 7.80. The minimum atomic E-state index is -4.46. The number of benzene rings is 1. The number of thiocarbonyl (C=S) groups is 1. The van der Waals surface area contributed by atoms with E-state index >= 15 is 0 Å². The van der Waals surface area contributed by atoms with Gasteiger partial charge in [0.1, 0.15) is 0 Å². The summed E-state index contributed by atoms with van der Waals surface area (Å²) < 4.78 is 38.1. The molecule has 0 aliphatic heterocycles. The first-order valence-corrected chi connectivity index (χ1v) is 6.96. The number of alkyl halides is 3. The first-order valence-electron chi connectivity index (χ1n) is 6.55. The Morgan fingerprint density at radius 3 is 2.57 bits per heavy atom. The molecule has 1 aromatic rings. The van der Waals surface area contributed by atoms with E-state index in [9.17, 15) is 18.0 Å².